The Labute approximate surface area is 151 Å². The second-order valence-corrected chi connectivity index (χ2v) is 9.32. The fourth-order valence-corrected chi connectivity index (χ4v) is 3.47. The second kappa shape index (κ2) is 7.25. The zero-order valence-electron chi connectivity index (χ0n) is 16.7. The van der Waals surface area contributed by atoms with Gasteiger partial charge >= 0.3 is 0 Å². The average molecular weight is 366 g/mol. The van der Waals surface area contributed by atoms with Crippen LogP contribution < -0.4 is 14.2 Å². The Morgan fingerprint density at radius 3 is 1.96 bits per heavy atom. The Bertz CT molecular complexity index is 763. The highest BCUT2D eigenvalue weighted by Crippen LogP contribution is 2.47. The third-order valence-electron chi connectivity index (χ3n) is 4.07. The first-order chi connectivity index (χ1) is 11.7. The summed E-state index contributed by atoms with van der Waals surface area (Å²) in [7, 11) is 6.03. The van der Waals surface area contributed by atoms with E-state index in [9.17, 15) is 0 Å². The fraction of sp³-hybridized carbons (Fsp3) is 0.611. The average Bonchev–Trinajstić information content (AvgIpc) is 2.88. The molecule has 139 valence electrons. The molecule has 1 aromatic heterocycles. The molecule has 0 aliphatic rings. The summed E-state index contributed by atoms with van der Waals surface area (Å²) >= 11 is 0. The molecule has 1 heterocycles. The van der Waals surface area contributed by atoms with Crippen molar-refractivity contribution in [2.45, 2.75) is 45.9 Å². The largest absolute Gasteiger partial charge is 0.492 e. The maximum absolute atomic E-state index is 5.96. The fourth-order valence-electron chi connectivity index (χ4n) is 3.04. The first-order valence-corrected chi connectivity index (χ1v) is 10.7. The van der Waals surface area contributed by atoms with Gasteiger partial charge in [-0.25, -0.2) is 4.98 Å². The van der Waals surface area contributed by atoms with Gasteiger partial charge in [0.25, 0.3) is 0 Å². The highest BCUT2D eigenvalue weighted by molar-refractivity contribution is 6.48. The van der Waals surface area contributed by atoms with Crippen molar-refractivity contribution in [2.75, 3.05) is 21.3 Å². The number of hydrogen-bond acceptors (Lipinski definition) is 5. The van der Waals surface area contributed by atoms with Crippen molar-refractivity contribution >= 4 is 20.1 Å². The summed E-state index contributed by atoms with van der Waals surface area (Å²) in [5.41, 5.74) is 2.52. The van der Waals surface area contributed by atoms with E-state index < -0.39 is 9.04 Å². The molecule has 25 heavy (non-hydrogen) atoms. The lowest BCUT2D eigenvalue weighted by Gasteiger charge is -2.19. The molecule has 0 fully saturated rings. The molecule has 0 saturated carbocycles. The SMILES string of the molecule is COc1c(OC)c(OC)c2c(nc(C(C)(C)C)n2C)c1CO[Si](C)C. The van der Waals surface area contributed by atoms with Gasteiger partial charge in [0.1, 0.15) is 16.9 Å². The molecule has 0 aliphatic heterocycles. The number of fused-ring (bicyclic) bond motifs is 1. The lowest BCUT2D eigenvalue weighted by atomic mass is 9.96. The molecular formula is C18H29N2O4Si. The molecule has 1 radical (unpaired) electrons. The van der Waals surface area contributed by atoms with Crippen LogP contribution in [0.4, 0.5) is 0 Å². The van der Waals surface area contributed by atoms with Crippen LogP contribution in [0.3, 0.4) is 0 Å². The van der Waals surface area contributed by atoms with Crippen molar-refractivity contribution < 1.29 is 18.6 Å². The van der Waals surface area contributed by atoms with E-state index in [1.165, 1.54) is 0 Å². The molecule has 0 bridgehead atoms. The van der Waals surface area contributed by atoms with E-state index in [0.717, 1.165) is 22.4 Å². The normalized spacial score (nSPS) is 12.1. The van der Waals surface area contributed by atoms with Crippen LogP contribution in [0.1, 0.15) is 32.2 Å². The topological polar surface area (TPSA) is 54.7 Å². The molecule has 0 N–H and O–H groups in total. The molecule has 1 aromatic carbocycles. The first kappa shape index (κ1) is 19.6. The quantitative estimate of drug-likeness (QED) is 0.731. The first-order valence-electron chi connectivity index (χ1n) is 8.28. The van der Waals surface area contributed by atoms with Gasteiger partial charge in [0, 0.05) is 12.5 Å². The predicted octanol–water partition coefficient (Wildman–Crippen LogP) is 3.66. The lowest BCUT2D eigenvalue weighted by Crippen LogP contribution is -2.17. The summed E-state index contributed by atoms with van der Waals surface area (Å²) in [6.45, 7) is 11.1. The van der Waals surface area contributed by atoms with E-state index in [-0.39, 0.29) is 5.41 Å². The van der Waals surface area contributed by atoms with E-state index >= 15 is 0 Å². The smallest absolute Gasteiger partial charge is 0.206 e. The van der Waals surface area contributed by atoms with Crippen molar-refractivity contribution in [3.63, 3.8) is 0 Å². The maximum atomic E-state index is 5.96. The van der Waals surface area contributed by atoms with Gasteiger partial charge in [0.15, 0.2) is 11.5 Å². The molecule has 7 heteroatoms. The molecule has 0 atom stereocenters. The minimum absolute atomic E-state index is 0.109. The van der Waals surface area contributed by atoms with Gasteiger partial charge < -0.3 is 23.2 Å². The van der Waals surface area contributed by atoms with Crippen LogP contribution >= 0.6 is 0 Å². The highest BCUT2D eigenvalue weighted by Gasteiger charge is 2.30. The predicted molar refractivity (Wildman–Crippen MR) is 101 cm³/mol. The van der Waals surface area contributed by atoms with Crippen molar-refractivity contribution in [1.29, 1.82) is 0 Å². The van der Waals surface area contributed by atoms with Gasteiger partial charge in [-0.05, 0) is 13.1 Å². The van der Waals surface area contributed by atoms with Crippen LogP contribution in [-0.4, -0.2) is 39.9 Å². The minimum Gasteiger partial charge on any atom is -0.492 e. The molecule has 0 spiro atoms. The van der Waals surface area contributed by atoms with Gasteiger partial charge in [-0.3, -0.25) is 0 Å². The molecule has 0 unspecified atom stereocenters. The summed E-state index contributed by atoms with van der Waals surface area (Å²) in [6.07, 6.45) is 0. The van der Waals surface area contributed by atoms with E-state index in [0.29, 0.717) is 23.9 Å². The molecule has 0 amide bonds. The van der Waals surface area contributed by atoms with Crippen LogP contribution in [0.25, 0.3) is 11.0 Å². The van der Waals surface area contributed by atoms with Gasteiger partial charge in [-0.2, -0.15) is 0 Å². The van der Waals surface area contributed by atoms with Crippen LogP contribution in [0, 0.1) is 0 Å². The van der Waals surface area contributed by atoms with Crippen LogP contribution in [0.5, 0.6) is 17.2 Å². The van der Waals surface area contributed by atoms with E-state index in [4.69, 9.17) is 23.6 Å². The minimum atomic E-state index is -0.853. The van der Waals surface area contributed by atoms with Crippen LogP contribution in [-0.2, 0) is 23.5 Å². The van der Waals surface area contributed by atoms with Crippen molar-refractivity contribution in [1.82, 2.24) is 9.55 Å². The van der Waals surface area contributed by atoms with Gasteiger partial charge in [0.05, 0.1) is 33.5 Å². The third kappa shape index (κ3) is 3.48. The summed E-state index contributed by atoms with van der Waals surface area (Å²) in [4.78, 5) is 4.93. The zero-order chi connectivity index (χ0) is 18.9. The summed E-state index contributed by atoms with van der Waals surface area (Å²) < 4.78 is 25.0. The van der Waals surface area contributed by atoms with E-state index in [2.05, 4.69) is 38.4 Å². The number of aromatic nitrogens is 2. The number of ether oxygens (including phenoxy) is 3. The van der Waals surface area contributed by atoms with E-state index in [1.807, 2.05) is 7.05 Å². The Kier molecular flexibility index (Phi) is 5.68. The second-order valence-electron chi connectivity index (χ2n) is 7.22. The third-order valence-corrected chi connectivity index (χ3v) is 4.79. The van der Waals surface area contributed by atoms with Crippen LogP contribution in [0.2, 0.25) is 13.1 Å². The van der Waals surface area contributed by atoms with Crippen LogP contribution in [0.15, 0.2) is 0 Å². The van der Waals surface area contributed by atoms with Gasteiger partial charge in [0.2, 0.25) is 14.8 Å². The molecule has 0 aliphatic carbocycles. The molecule has 6 nitrogen and oxygen atoms in total. The molecule has 0 saturated heterocycles. The monoisotopic (exact) mass is 365 g/mol. The lowest BCUT2D eigenvalue weighted by molar-refractivity contribution is 0.293. The number of rotatable bonds is 6. The number of benzene rings is 1. The highest BCUT2D eigenvalue weighted by atomic mass is 28.3. The van der Waals surface area contributed by atoms with Crippen molar-refractivity contribution in [3.8, 4) is 17.2 Å². The zero-order valence-corrected chi connectivity index (χ0v) is 17.7. The van der Waals surface area contributed by atoms with Crippen molar-refractivity contribution in [3.05, 3.63) is 11.4 Å². The summed E-state index contributed by atoms with van der Waals surface area (Å²) in [5.74, 6) is 2.78. The van der Waals surface area contributed by atoms with E-state index in [1.54, 1.807) is 21.3 Å². The van der Waals surface area contributed by atoms with Gasteiger partial charge in [-0.1, -0.05) is 20.8 Å². The van der Waals surface area contributed by atoms with Crippen molar-refractivity contribution in [2.24, 2.45) is 7.05 Å². The van der Waals surface area contributed by atoms with Gasteiger partial charge in [-0.15, -0.1) is 0 Å². The Hall–Kier alpha value is -1.73. The Morgan fingerprint density at radius 1 is 0.960 bits per heavy atom. The standard InChI is InChI=1S/C18H29N2O4Si/c1-18(2,3)17-19-12-11(10-24-25(8)9)14(21-5)16(23-7)15(22-6)13(12)20(17)4/h10H2,1-9H3. The summed E-state index contributed by atoms with van der Waals surface area (Å²) in [6, 6.07) is 0. The number of methoxy groups -OCH3 is 3. The molecular weight excluding hydrogens is 336 g/mol. The Morgan fingerprint density at radius 2 is 1.52 bits per heavy atom. The molecule has 2 rings (SSSR count). The number of aryl methyl sites for hydroxylation is 1. The number of hydrogen-bond donors (Lipinski definition) is 0. The number of imidazole rings is 1. The maximum Gasteiger partial charge on any atom is 0.206 e. The molecule has 2 aromatic rings. The summed E-state index contributed by atoms with van der Waals surface area (Å²) in [5, 5.41) is 0. The number of nitrogens with zero attached hydrogens (tertiary/aromatic N) is 2. The Balaban J connectivity index is 2.91.